The molecule has 0 aromatic carbocycles. The molecule has 2 aliphatic heterocycles. The van der Waals surface area contributed by atoms with Gasteiger partial charge in [0, 0.05) is 32.3 Å². The zero-order chi connectivity index (χ0) is 14.7. The number of amides is 2. The summed E-state index contributed by atoms with van der Waals surface area (Å²) in [6, 6.07) is 3.62. The molecule has 1 aromatic rings. The monoisotopic (exact) mass is 288 g/mol. The third-order valence-electron chi connectivity index (χ3n) is 4.02. The number of hydrogen-bond donors (Lipinski definition) is 2. The van der Waals surface area contributed by atoms with Crippen LogP contribution in [0.3, 0.4) is 0 Å². The number of hydrogen-bond acceptors (Lipinski definition) is 4. The highest BCUT2D eigenvalue weighted by Crippen LogP contribution is 2.17. The van der Waals surface area contributed by atoms with Gasteiger partial charge in [0.15, 0.2) is 0 Å². The fraction of sp³-hybridized carbons (Fsp3) is 0.533. The number of rotatable bonds is 4. The van der Waals surface area contributed by atoms with Crippen molar-refractivity contribution in [1.29, 1.82) is 0 Å². The summed E-state index contributed by atoms with van der Waals surface area (Å²) in [5, 5.41) is 5.51. The van der Waals surface area contributed by atoms with Crippen molar-refractivity contribution in [2.24, 2.45) is 0 Å². The maximum Gasteiger partial charge on any atom is 0.242 e. The summed E-state index contributed by atoms with van der Waals surface area (Å²) in [5.74, 6) is 0.835. The van der Waals surface area contributed by atoms with Crippen molar-refractivity contribution in [2.75, 3.05) is 18.0 Å². The first-order valence-corrected chi connectivity index (χ1v) is 7.49. The van der Waals surface area contributed by atoms with Crippen molar-refractivity contribution in [1.82, 2.24) is 15.6 Å². The first kappa shape index (κ1) is 13.9. The lowest BCUT2D eigenvalue weighted by molar-refractivity contribution is -0.125. The van der Waals surface area contributed by atoms with Crippen LogP contribution in [-0.2, 0) is 16.1 Å². The van der Waals surface area contributed by atoms with Crippen molar-refractivity contribution in [2.45, 2.75) is 38.3 Å². The Labute approximate surface area is 123 Å². The molecule has 112 valence electrons. The van der Waals surface area contributed by atoms with E-state index in [9.17, 15) is 9.59 Å². The second-order valence-electron chi connectivity index (χ2n) is 5.60. The van der Waals surface area contributed by atoms with Gasteiger partial charge in [-0.2, -0.15) is 0 Å². The van der Waals surface area contributed by atoms with Gasteiger partial charge in [-0.3, -0.25) is 9.59 Å². The van der Waals surface area contributed by atoms with Gasteiger partial charge in [0.1, 0.15) is 11.9 Å². The molecule has 2 saturated heterocycles. The molecule has 0 bridgehead atoms. The number of pyridine rings is 1. The topological polar surface area (TPSA) is 74.3 Å². The summed E-state index contributed by atoms with van der Waals surface area (Å²) >= 11 is 0. The van der Waals surface area contributed by atoms with Gasteiger partial charge in [0.2, 0.25) is 11.8 Å². The van der Waals surface area contributed by atoms with E-state index < -0.39 is 0 Å². The predicted molar refractivity (Wildman–Crippen MR) is 78.7 cm³/mol. The molecule has 1 atom stereocenters. The summed E-state index contributed by atoms with van der Waals surface area (Å²) in [4.78, 5) is 29.7. The Bertz CT molecular complexity index is 523. The molecule has 0 aliphatic carbocycles. The first-order valence-electron chi connectivity index (χ1n) is 7.49. The van der Waals surface area contributed by atoms with Crippen molar-refractivity contribution in [3.63, 3.8) is 0 Å². The van der Waals surface area contributed by atoms with Gasteiger partial charge < -0.3 is 15.5 Å². The zero-order valence-corrected chi connectivity index (χ0v) is 12.0. The lowest BCUT2D eigenvalue weighted by Gasteiger charge is -2.16. The third-order valence-corrected chi connectivity index (χ3v) is 4.02. The molecule has 2 fully saturated rings. The second kappa shape index (κ2) is 6.11. The average molecular weight is 288 g/mol. The van der Waals surface area contributed by atoms with Gasteiger partial charge in [-0.1, -0.05) is 6.07 Å². The van der Waals surface area contributed by atoms with E-state index in [2.05, 4.69) is 20.5 Å². The van der Waals surface area contributed by atoms with E-state index in [4.69, 9.17) is 0 Å². The Kier molecular flexibility index (Phi) is 4.03. The lowest BCUT2D eigenvalue weighted by atomic mass is 10.2. The third kappa shape index (κ3) is 3.32. The van der Waals surface area contributed by atoms with Crippen LogP contribution in [0.4, 0.5) is 5.82 Å². The number of aromatic nitrogens is 1. The molecule has 1 aromatic heterocycles. The number of nitrogens with zero attached hydrogens (tertiary/aromatic N) is 2. The van der Waals surface area contributed by atoms with Crippen molar-refractivity contribution in [3.05, 3.63) is 23.9 Å². The van der Waals surface area contributed by atoms with Crippen molar-refractivity contribution >= 4 is 17.6 Å². The molecule has 1 unspecified atom stereocenters. The van der Waals surface area contributed by atoms with E-state index in [1.54, 1.807) is 6.20 Å². The molecule has 0 radical (unpaired) electrons. The van der Waals surface area contributed by atoms with Gasteiger partial charge in [0.05, 0.1) is 0 Å². The molecular formula is C15H20N4O2. The van der Waals surface area contributed by atoms with E-state index in [0.29, 0.717) is 19.4 Å². The van der Waals surface area contributed by atoms with E-state index in [0.717, 1.165) is 24.5 Å². The smallest absolute Gasteiger partial charge is 0.242 e. The molecule has 2 amide bonds. The van der Waals surface area contributed by atoms with Crippen LogP contribution in [0.15, 0.2) is 18.3 Å². The van der Waals surface area contributed by atoms with Crippen LogP contribution in [0.5, 0.6) is 0 Å². The van der Waals surface area contributed by atoms with Gasteiger partial charge in [-0.25, -0.2) is 4.98 Å². The maximum atomic E-state index is 11.9. The van der Waals surface area contributed by atoms with Crippen LogP contribution >= 0.6 is 0 Å². The van der Waals surface area contributed by atoms with Gasteiger partial charge in [-0.05, 0) is 30.9 Å². The van der Waals surface area contributed by atoms with E-state index >= 15 is 0 Å². The highest BCUT2D eigenvalue weighted by Gasteiger charge is 2.26. The maximum absolute atomic E-state index is 11.9. The molecule has 0 saturated carbocycles. The molecule has 2 aliphatic rings. The van der Waals surface area contributed by atoms with Gasteiger partial charge >= 0.3 is 0 Å². The van der Waals surface area contributed by atoms with E-state index in [1.165, 1.54) is 12.8 Å². The largest absolute Gasteiger partial charge is 0.357 e. The number of nitrogens with one attached hydrogen (secondary N) is 2. The first-order chi connectivity index (χ1) is 10.2. The van der Waals surface area contributed by atoms with E-state index in [1.807, 2.05) is 12.1 Å². The number of carbonyl (C=O) groups is 2. The van der Waals surface area contributed by atoms with Gasteiger partial charge in [0.25, 0.3) is 0 Å². The number of carbonyl (C=O) groups excluding carboxylic acids is 2. The molecule has 0 spiro atoms. The molecule has 6 nitrogen and oxygen atoms in total. The molecule has 3 heterocycles. The highest BCUT2D eigenvalue weighted by atomic mass is 16.2. The van der Waals surface area contributed by atoms with Crippen molar-refractivity contribution < 1.29 is 9.59 Å². The van der Waals surface area contributed by atoms with Crippen LogP contribution in [0.2, 0.25) is 0 Å². The van der Waals surface area contributed by atoms with Crippen molar-refractivity contribution in [3.8, 4) is 0 Å². The normalized spacial score (nSPS) is 21.4. The SMILES string of the molecule is O=C1CCC(C(=O)NCc2ccc(N3CCCC3)nc2)N1. The van der Waals surface area contributed by atoms with Gasteiger partial charge in [-0.15, -0.1) is 0 Å². The Morgan fingerprint density at radius 2 is 2.19 bits per heavy atom. The molecule has 3 rings (SSSR count). The lowest BCUT2D eigenvalue weighted by Crippen LogP contribution is -2.41. The summed E-state index contributed by atoms with van der Waals surface area (Å²) < 4.78 is 0. The second-order valence-corrected chi connectivity index (χ2v) is 5.60. The minimum absolute atomic E-state index is 0.0493. The Morgan fingerprint density at radius 3 is 2.81 bits per heavy atom. The zero-order valence-electron chi connectivity index (χ0n) is 12.0. The predicted octanol–water partition coefficient (Wildman–Crippen LogP) is 0.577. The summed E-state index contributed by atoms with van der Waals surface area (Å²) in [5.41, 5.74) is 0.968. The number of anilines is 1. The fourth-order valence-corrected chi connectivity index (χ4v) is 2.78. The Balaban J connectivity index is 1.51. The minimum Gasteiger partial charge on any atom is -0.357 e. The molecule has 6 heteroatoms. The molecule has 2 N–H and O–H groups in total. The summed E-state index contributed by atoms with van der Waals surface area (Å²) in [7, 11) is 0. The Hall–Kier alpha value is -2.11. The van der Waals surface area contributed by atoms with Crippen LogP contribution < -0.4 is 15.5 Å². The summed E-state index contributed by atoms with van der Waals surface area (Å²) in [6.07, 6.45) is 5.28. The van der Waals surface area contributed by atoms with E-state index in [-0.39, 0.29) is 17.9 Å². The standard InChI is InChI=1S/C15H20N4O2/c20-14-6-4-12(18-14)15(21)17-10-11-3-5-13(16-9-11)19-7-1-2-8-19/h3,5,9,12H,1-2,4,6-8,10H2,(H,17,21)(H,18,20). The fourth-order valence-electron chi connectivity index (χ4n) is 2.78. The molecular weight excluding hydrogens is 268 g/mol. The average Bonchev–Trinajstić information content (AvgIpc) is 3.16. The highest BCUT2D eigenvalue weighted by molar-refractivity contribution is 5.90. The van der Waals surface area contributed by atoms with Crippen LogP contribution in [0.1, 0.15) is 31.2 Å². The minimum atomic E-state index is -0.380. The molecule has 21 heavy (non-hydrogen) atoms. The van der Waals surface area contributed by atoms with Crippen LogP contribution in [0.25, 0.3) is 0 Å². The summed E-state index contributed by atoms with van der Waals surface area (Å²) in [6.45, 7) is 2.59. The van der Waals surface area contributed by atoms with Crippen LogP contribution in [0, 0.1) is 0 Å². The van der Waals surface area contributed by atoms with Crippen LogP contribution in [-0.4, -0.2) is 35.9 Å². The quantitative estimate of drug-likeness (QED) is 0.850. The Morgan fingerprint density at radius 1 is 1.38 bits per heavy atom.